The number of anilines is 1. The Kier molecular flexibility index (Phi) is 6.49. The Morgan fingerprint density at radius 2 is 1.94 bits per heavy atom. The van der Waals surface area contributed by atoms with Crippen LogP contribution in [-0.2, 0) is 31.1 Å². The molecular weight excluding hydrogens is 444 g/mol. The van der Waals surface area contributed by atoms with E-state index in [1.807, 2.05) is 26.8 Å². The summed E-state index contributed by atoms with van der Waals surface area (Å²) in [5.41, 5.74) is 12.8. The maximum absolute atomic E-state index is 13.1. The number of amides is 2. The van der Waals surface area contributed by atoms with Crippen molar-refractivity contribution in [3.8, 4) is 6.07 Å². The molecular formula is C23H26N4O5S. The molecule has 2 amide bonds. The highest BCUT2D eigenvalue weighted by molar-refractivity contribution is 7.86. The number of nitrogens with two attached hydrogens (primary N) is 2. The van der Waals surface area contributed by atoms with Gasteiger partial charge in [0.05, 0.1) is 17.2 Å². The van der Waals surface area contributed by atoms with Gasteiger partial charge < -0.3 is 16.4 Å². The van der Waals surface area contributed by atoms with Crippen molar-refractivity contribution in [3.63, 3.8) is 0 Å². The van der Waals surface area contributed by atoms with Crippen LogP contribution in [0.2, 0.25) is 0 Å². The third kappa shape index (κ3) is 5.16. The molecule has 1 aliphatic rings. The van der Waals surface area contributed by atoms with Gasteiger partial charge in [0, 0.05) is 25.2 Å². The molecule has 2 aromatic carbocycles. The zero-order chi connectivity index (χ0) is 24.6. The number of nitrogen functional groups attached to an aromatic ring is 1. The molecule has 1 aliphatic heterocycles. The molecule has 1 unspecified atom stereocenters. The predicted octanol–water partition coefficient (Wildman–Crippen LogP) is 2.04. The van der Waals surface area contributed by atoms with Gasteiger partial charge in [-0.25, -0.2) is 0 Å². The molecule has 4 N–H and O–H groups in total. The molecule has 1 saturated heterocycles. The minimum Gasteiger partial charge on any atom is -0.398 e. The van der Waals surface area contributed by atoms with E-state index in [-0.39, 0.29) is 30.0 Å². The quantitative estimate of drug-likeness (QED) is 0.483. The Bertz CT molecular complexity index is 1260. The van der Waals surface area contributed by atoms with Gasteiger partial charge in [-0.2, -0.15) is 13.7 Å². The summed E-state index contributed by atoms with van der Waals surface area (Å²) in [7, 11) is -4.47. The minimum atomic E-state index is -4.47. The molecule has 33 heavy (non-hydrogen) atoms. The Labute approximate surface area is 193 Å². The SMILES string of the molecule is CC(C)(C)c1ccc(C(N)=O)c(S(=O)(=O)OC2CCN(Cc3cc(C#N)ccc3N)C2=O)c1. The Morgan fingerprint density at radius 3 is 2.55 bits per heavy atom. The maximum atomic E-state index is 13.1. The lowest BCUT2D eigenvalue weighted by Crippen LogP contribution is -2.32. The Balaban J connectivity index is 1.85. The third-order valence-corrected chi connectivity index (χ3v) is 6.87. The first kappa shape index (κ1) is 24.2. The fourth-order valence-corrected chi connectivity index (χ4v) is 4.88. The van der Waals surface area contributed by atoms with Gasteiger partial charge in [-0.15, -0.1) is 0 Å². The normalized spacial score (nSPS) is 16.6. The average molecular weight is 471 g/mol. The second-order valence-electron chi connectivity index (χ2n) is 8.94. The van der Waals surface area contributed by atoms with E-state index in [9.17, 15) is 18.0 Å². The lowest BCUT2D eigenvalue weighted by molar-refractivity contribution is -0.133. The molecule has 1 atom stereocenters. The number of carbonyl (C=O) groups is 2. The first-order chi connectivity index (χ1) is 15.3. The Morgan fingerprint density at radius 1 is 1.24 bits per heavy atom. The van der Waals surface area contributed by atoms with Crippen LogP contribution in [0.5, 0.6) is 0 Å². The summed E-state index contributed by atoms with van der Waals surface area (Å²) in [5, 5.41) is 9.08. The van der Waals surface area contributed by atoms with Crippen LogP contribution in [0.3, 0.4) is 0 Å². The molecule has 10 heteroatoms. The first-order valence-corrected chi connectivity index (χ1v) is 11.7. The number of likely N-dealkylation sites (tertiary alicyclic amines) is 1. The van der Waals surface area contributed by atoms with E-state index in [0.717, 1.165) is 0 Å². The molecule has 0 radical (unpaired) electrons. The van der Waals surface area contributed by atoms with E-state index < -0.39 is 33.5 Å². The summed E-state index contributed by atoms with van der Waals surface area (Å²) >= 11 is 0. The van der Waals surface area contributed by atoms with Crippen LogP contribution in [0, 0.1) is 11.3 Å². The molecule has 0 saturated carbocycles. The second kappa shape index (κ2) is 8.84. The fourth-order valence-electron chi connectivity index (χ4n) is 3.58. The van der Waals surface area contributed by atoms with Crippen LogP contribution < -0.4 is 11.5 Å². The van der Waals surface area contributed by atoms with Gasteiger partial charge in [0.15, 0.2) is 6.10 Å². The number of nitrogens with zero attached hydrogens (tertiary/aromatic N) is 2. The van der Waals surface area contributed by atoms with Crippen molar-refractivity contribution in [3.05, 3.63) is 58.7 Å². The van der Waals surface area contributed by atoms with Crippen LogP contribution in [0.1, 0.15) is 54.2 Å². The largest absolute Gasteiger partial charge is 0.398 e. The van der Waals surface area contributed by atoms with Crippen molar-refractivity contribution in [1.82, 2.24) is 4.90 Å². The van der Waals surface area contributed by atoms with Crippen LogP contribution in [-0.4, -0.2) is 37.8 Å². The molecule has 3 rings (SSSR count). The number of benzene rings is 2. The van der Waals surface area contributed by atoms with Gasteiger partial charge in [-0.05, 0) is 46.9 Å². The van der Waals surface area contributed by atoms with Crippen molar-refractivity contribution >= 4 is 27.6 Å². The van der Waals surface area contributed by atoms with Crippen molar-refractivity contribution < 1.29 is 22.2 Å². The van der Waals surface area contributed by atoms with Gasteiger partial charge in [0.2, 0.25) is 5.91 Å². The summed E-state index contributed by atoms with van der Waals surface area (Å²) in [6.45, 7) is 6.06. The van der Waals surface area contributed by atoms with E-state index in [2.05, 4.69) is 0 Å². The summed E-state index contributed by atoms with van der Waals surface area (Å²) in [5.74, 6) is -1.43. The van der Waals surface area contributed by atoms with Crippen molar-refractivity contribution in [1.29, 1.82) is 5.26 Å². The number of nitriles is 1. The van der Waals surface area contributed by atoms with Gasteiger partial charge in [0.1, 0.15) is 4.90 Å². The number of carbonyl (C=O) groups excluding carboxylic acids is 2. The molecule has 0 aromatic heterocycles. The molecule has 1 heterocycles. The van der Waals surface area contributed by atoms with Crippen molar-refractivity contribution in [2.45, 2.75) is 50.2 Å². The number of hydrogen-bond acceptors (Lipinski definition) is 7. The highest BCUT2D eigenvalue weighted by Crippen LogP contribution is 2.30. The highest BCUT2D eigenvalue weighted by Gasteiger charge is 2.38. The molecule has 0 aliphatic carbocycles. The van der Waals surface area contributed by atoms with E-state index in [1.54, 1.807) is 24.3 Å². The molecule has 9 nitrogen and oxygen atoms in total. The number of hydrogen-bond donors (Lipinski definition) is 2. The molecule has 0 spiro atoms. The van der Waals surface area contributed by atoms with E-state index >= 15 is 0 Å². The van der Waals surface area contributed by atoms with Crippen LogP contribution in [0.25, 0.3) is 0 Å². The number of rotatable bonds is 6. The van der Waals surface area contributed by atoms with Gasteiger partial charge in [-0.3, -0.25) is 13.8 Å². The van der Waals surface area contributed by atoms with Gasteiger partial charge in [-0.1, -0.05) is 26.8 Å². The lowest BCUT2D eigenvalue weighted by Gasteiger charge is -2.21. The van der Waals surface area contributed by atoms with E-state index in [1.165, 1.54) is 17.0 Å². The number of primary amides is 1. The first-order valence-electron chi connectivity index (χ1n) is 10.3. The summed E-state index contributed by atoms with van der Waals surface area (Å²) in [4.78, 5) is 25.8. The molecule has 2 aromatic rings. The monoisotopic (exact) mass is 470 g/mol. The molecule has 174 valence electrons. The maximum Gasteiger partial charge on any atom is 0.298 e. The van der Waals surface area contributed by atoms with Crippen LogP contribution in [0.4, 0.5) is 5.69 Å². The highest BCUT2D eigenvalue weighted by atomic mass is 32.2. The van der Waals surface area contributed by atoms with Crippen LogP contribution >= 0.6 is 0 Å². The predicted molar refractivity (Wildman–Crippen MR) is 121 cm³/mol. The third-order valence-electron chi connectivity index (χ3n) is 5.51. The van der Waals surface area contributed by atoms with E-state index in [0.29, 0.717) is 22.4 Å². The molecule has 0 bridgehead atoms. The fraction of sp³-hybridized carbons (Fsp3) is 0.348. The zero-order valence-electron chi connectivity index (χ0n) is 18.7. The van der Waals surface area contributed by atoms with Crippen LogP contribution in [0.15, 0.2) is 41.3 Å². The standard InChI is InChI=1S/C23H26N4O5S/c1-23(2,3)16-5-6-17(21(26)28)20(11-16)33(30,31)32-19-8-9-27(22(19)29)13-15-10-14(12-24)4-7-18(15)25/h4-7,10-11,19H,8-9,13,25H2,1-3H3,(H2,26,28). The second-order valence-corrected chi connectivity index (χ2v) is 10.5. The zero-order valence-corrected chi connectivity index (χ0v) is 19.5. The van der Waals surface area contributed by atoms with Gasteiger partial charge >= 0.3 is 0 Å². The smallest absolute Gasteiger partial charge is 0.298 e. The molecule has 1 fully saturated rings. The minimum absolute atomic E-state index is 0.117. The lowest BCUT2D eigenvalue weighted by atomic mass is 9.86. The summed E-state index contributed by atoms with van der Waals surface area (Å²) in [6, 6.07) is 11.1. The van der Waals surface area contributed by atoms with E-state index in [4.69, 9.17) is 20.9 Å². The average Bonchev–Trinajstić information content (AvgIpc) is 3.07. The summed E-state index contributed by atoms with van der Waals surface area (Å²) in [6.07, 6.45) is -1.10. The summed E-state index contributed by atoms with van der Waals surface area (Å²) < 4.78 is 31.5. The van der Waals surface area contributed by atoms with Crippen molar-refractivity contribution in [2.75, 3.05) is 12.3 Å². The topological polar surface area (TPSA) is 157 Å². The van der Waals surface area contributed by atoms with Gasteiger partial charge in [0.25, 0.3) is 16.0 Å². The van der Waals surface area contributed by atoms with Crippen molar-refractivity contribution in [2.24, 2.45) is 5.73 Å². The Hall–Kier alpha value is -3.42.